The lowest BCUT2D eigenvalue weighted by atomic mass is 9.95. The normalized spacial score (nSPS) is 18.6. The van der Waals surface area contributed by atoms with Crippen molar-refractivity contribution < 1.29 is 9.59 Å². The van der Waals surface area contributed by atoms with E-state index in [0.717, 1.165) is 50.0 Å². The van der Waals surface area contributed by atoms with Crippen LogP contribution in [-0.4, -0.2) is 42.4 Å². The summed E-state index contributed by atoms with van der Waals surface area (Å²) in [6, 6.07) is 7.79. The van der Waals surface area contributed by atoms with E-state index in [0.29, 0.717) is 6.04 Å². The lowest BCUT2D eigenvalue weighted by molar-refractivity contribution is -0.120. The van der Waals surface area contributed by atoms with Gasteiger partial charge in [0.2, 0.25) is 5.91 Å². The average Bonchev–Trinajstić information content (AvgIpc) is 2.68. The van der Waals surface area contributed by atoms with Crippen LogP contribution >= 0.6 is 0 Å². The SMILES string of the molecule is O=C(CNc1ccc(C(=O)N2CCCCC2)cc1)NC1CCCCC1. The number of benzene rings is 1. The van der Waals surface area contributed by atoms with E-state index in [2.05, 4.69) is 10.6 Å². The van der Waals surface area contributed by atoms with Gasteiger partial charge in [-0.15, -0.1) is 0 Å². The minimum Gasteiger partial charge on any atom is -0.376 e. The lowest BCUT2D eigenvalue weighted by Crippen LogP contribution is -2.39. The molecule has 0 spiro atoms. The zero-order valence-electron chi connectivity index (χ0n) is 14.9. The number of nitrogens with one attached hydrogen (secondary N) is 2. The third-order valence-corrected chi connectivity index (χ3v) is 5.20. The van der Waals surface area contributed by atoms with Crippen LogP contribution in [0.15, 0.2) is 24.3 Å². The van der Waals surface area contributed by atoms with E-state index in [9.17, 15) is 9.59 Å². The molecule has 5 nitrogen and oxygen atoms in total. The van der Waals surface area contributed by atoms with Crippen LogP contribution in [0.5, 0.6) is 0 Å². The van der Waals surface area contributed by atoms with E-state index < -0.39 is 0 Å². The highest BCUT2D eigenvalue weighted by atomic mass is 16.2. The molecule has 25 heavy (non-hydrogen) atoms. The van der Waals surface area contributed by atoms with Crippen LogP contribution in [0.3, 0.4) is 0 Å². The van der Waals surface area contributed by atoms with Crippen LogP contribution in [0.25, 0.3) is 0 Å². The number of nitrogens with zero attached hydrogens (tertiary/aromatic N) is 1. The van der Waals surface area contributed by atoms with Crippen molar-refractivity contribution in [1.29, 1.82) is 0 Å². The number of rotatable bonds is 5. The molecule has 1 aromatic carbocycles. The summed E-state index contributed by atoms with van der Waals surface area (Å²) in [6.45, 7) is 2.00. The topological polar surface area (TPSA) is 61.4 Å². The molecule has 0 radical (unpaired) electrons. The summed E-state index contributed by atoms with van der Waals surface area (Å²) in [4.78, 5) is 26.4. The molecule has 2 amide bonds. The first kappa shape index (κ1) is 17.8. The summed E-state index contributed by atoms with van der Waals surface area (Å²) < 4.78 is 0. The Morgan fingerprint density at radius 1 is 0.920 bits per heavy atom. The molecule has 136 valence electrons. The fraction of sp³-hybridized carbons (Fsp3) is 0.600. The fourth-order valence-corrected chi connectivity index (χ4v) is 3.72. The molecular formula is C20H29N3O2. The van der Waals surface area contributed by atoms with E-state index in [1.807, 2.05) is 29.2 Å². The Kier molecular flexibility index (Phi) is 6.31. The van der Waals surface area contributed by atoms with Gasteiger partial charge in [-0.25, -0.2) is 0 Å². The number of hydrogen-bond acceptors (Lipinski definition) is 3. The molecular weight excluding hydrogens is 314 g/mol. The van der Waals surface area contributed by atoms with E-state index in [1.54, 1.807) is 0 Å². The monoisotopic (exact) mass is 343 g/mol. The summed E-state index contributed by atoms with van der Waals surface area (Å²) in [6.07, 6.45) is 9.32. The van der Waals surface area contributed by atoms with Crippen LogP contribution in [0.2, 0.25) is 0 Å². The number of anilines is 1. The third kappa shape index (κ3) is 5.21. The van der Waals surface area contributed by atoms with Gasteiger partial charge in [-0.1, -0.05) is 19.3 Å². The Labute approximate surface area is 150 Å². The molecule has 1 aromatic rings. The summed E-state index contributed by atoms with van der Waals surface area (Å²) >= 11 is 0. The standard InChI is InChI=1S/C20H29N3O2/c24-19(22-18-7-3-1-4-8-18)15-21-17-11-9-16(10-12-17)20(25)23-13-5-2-6-14-23/h9-12,18,21H,1-8,13-15H2,(H,22,24). The second-order valence-electron chi connectivity index (χ2n) is 7.19. The molecule has 1 heterocycles. The quantitative estimate of drug-likeness (QED) is 0.863. The zero-order valence-corrected chi connectivity index (χ0v) is 14.9. The first-order chi connectivity index (χ1) is 12.2. The molecule has 0 bridgehead atoms. The van der Waals surface area contributed by atoms with Crippen molar-refractivity contribution in [3.8, 4) is 0 Å². The number of likely N-dealkylation sites (tertiary alicyclic amines) is 1. The second-order valence-corrected chi connectivity index (χ2v) is 7.19. The number of piperidine rings is 1. The van der Waals surface area contributed by atoms with Crippen LogP contribution in [0, 0.1) is 0 Å². The van der Waals surface area contributed by atoms with Crippen LogP contribution in [-0.2, 0) is 4.79 Å². The Morgan fingerprint density at radius 3 is 2.24 bits per heavy atom. The minimum absolute atomic E-state index is 0.0420. The predicted octanol–water partition coefficient (Wildman–Crippen LogP) is 3.17. The Bertz CT molecular complexity index is 573. The molecule has 1 saturated heterocycles. The molecule has 1 aliphatic heterocycles. The van der Waals surface area contributed by atoms with Crippen molar-refractivity contribution in [2.45, 2.75) is 57.4 Å². The smallest absolute Gasteiger partial charge is 0.253 e. The van der Waals surface area contributed by atoms with Gasteiger partial charge in [0.25, 0.3) is 5.91 Å². The molecule has 3 rings (SSSR count). The molecule has 2 fully saturated rings. The maximum atomic E-state index is 12.4. The summed E-state index contributed by atoms with van der Waals surface area (Å²) in [5.74, 6) is 0.154. The van der Waals surface area contributed by atoms with E-state index in [-0.39, 0.29) is 18.4 Å². The van der Waals surface area contributed by atoms with Crippen molar-refractivity contribution in [2.24, 2.45) is 0 Å². The lowest BCUT2D eigenvalue weighted by Gasteiger charge is -2.26. The van der Waals surface area contributed by atoms with Crippen molar-refractivity contribution in [3.63, 3.8) is 0 Å². The van der Waals surface area contributed by atoms with Crippen molar-refractivity contribution in [3.05, 3.63) is 29.8 Å². The maximum Gasteiger partial charge on any atom is 0.253 e. The molecule has 1 saturated carbocycles. The first-order valence-corrected chi connectivity index (χ1v) is 9.65. The second kappa shape index (κ2) is 8.88. The highest BCUT2D eigenvalue weighted by Crippen LogP contribution is 2.18. The van der Waals surface area contributed by atoms with Gasteiger partial charge >= 0.3 is 0 Å². The highest BCUT2D eigenvalue weighted by Gasteiger charge is 2.18. The molecule has 1 aliphatic carbocycles. The fourth-order valence-electron chi connectivity index (χ4n) is 3.72. The first-order valence-electron chi connectivity index (χ1n) is 9.65. The van der Waals surface area contributed by atoms with Crippen LogP contribution in [0.1, 0.15) is 61.7 Å². The van der Waals surface area contributed by atoms with Gasteiger partial charge in [-0.05, 0) is 56.4 Å². The molecule has 0 unspecified atom stereocenters. The van der Waals surface area contributed by atoms with Gasteiger partial charge in [-0.3, -0.25) is 9.59 Å². The van der Waals surface area contributed by atoms with Gasteiger partial charge < -0.3 is 15.5 Å². The largest absolute Gasteiger partial charge is 0.376 e. The Morgan fingerprint density at radius 2 is 1.56 bits per heavy atom. The number of carbonyl (C=O) groups excluding carboxylic acids is 2. The van der Waals surface area contributed by atoms with E-state index in [1.165, 1.54) is 25.7 Å². The van der Waals surface area contributed by atoms with Crippen LogP contribution in [0.4, 0.5) is 5.69 Å². The maximum absolute atomic E-state index is 12.4. The van der Waals surface area contributed by atoms with Gasteiger partial charge in [0.05, 0.1) is 6.54 Å². The summed E-state index contributed by atoms with van der Waals surface area (Å²) in [7, 11) is 0. The van der Waals surface area contributed by atoms with E-state index in [4.69, 9.17) is 0 Å². The molecule has 0 atom stereocenters. The Balaban J connectivity index is 1.45. The predicted molar refractivity (Wildman–Crippen MR) is 99.7 cm³/mol. The number of carbonyl (C=O) groups is 2. The minimum atomic E-state index is 0.0420. The van der Waals surface area contributed by atoms with Gasteiger partial charge in [-0.2, -0.15) is 0 Å². The Hall–Kier alpha value is -2.04. The van der Waals surface area contributed by atoms with Crippen molar-refractivity contribution in [1.82, 2.24) is 10.2 Å². The molecule has 2 aliphatic rings. The number of amides is 2. The summed E-state index contributed by atoms with van der Waals surface area (Å²) in [5.41, 5.74) is 1.59. The number of hydrogen-bond donors (Lipinski definition) is 2. The van der Waals surface area contributed by atoms with E-state index >= 15 is 0 Å². The van der Waals surface area contributed by atoms with Gasteiger partial charge in [0.1, 0.15) is 0 Å². The zero-order chi connectivity index (χ0) is 17.5. The molecule has 0 aromatic heterocycles. The van der Waals surface area contributed by atoms with Crippen LogP contribution < -0.4 is 10.6 Å². The van der Waals surface area contributed by atoms with Gasteiger partial charge in [0.15, 0.2) is 0 Å². The third-order valence-electron chi connectivity index (χ3n) is 5.20. The van der Waals surface area contributed by atoms with Crippen molar-refractivity contribution in [2.75, 3.05) is 25.0 Å². The highest BCUT2D eigenvalue weighted by molar-refractivity contribution is 5.94. The molecule has 2 N–H and O–H groups in total. The van der Waals surface area contributed by atoms with Crippen molar-refractivity contribution >= 4 is 17.5 Å². The average molecular weight is 343 g/mol. The van der Waals surface area contributed by atoms with Gasteiger partial charge in [0, 0.05) is 30.4 Å². The summed E-state index contributed by atoms with van der Waals surface area (Å²) in [5, 5.41) is 6.24. The molecule has 5 heteroatoms.